The van der Waals surface area contributed by atoms with Gasteiger partial charge in [-0.2, -0.15) is 10.4 Å². The molecular weight excluding hydrogens is 344 g/mol. The van der Waals surface area contributed by atoms with E-state index in [1.165, 1.54) is 0 Å². The van der Waals surface area contributed by atoms with Crippen molar-refractivity contribution in [1.29, 1.82) is 5.26 Å². The molecule has 0 aliphatic heterocycles. The van der Waals surface area contributed by atoms with Crippen LogP contribution in [0.4, 0.5) is 5.82 Å². The predicted molar refractivity (Wildman–Crippen MR) is 89.8 cm³/mol. The molecule has 112 valence electrons. The molecule has 1 N–H and O–H groups in total. The summed E-state index contributed by atoms with van der Waals surface area (Å²) in [5, 5.41) is 13.5. The van der Waals surface area contributed by atoms with E-state index in [1.54, 1.807) is 13.3 Å². The first kappa shape index (κ1) is 16.1. The smallest absolute Gasteiger partial charge is 0.164 e. The normalized spacial score (nSPS) is 10.6. The zero-order valence-corrected chi connectivity index (χ0v) is 13.9. The van der Waals surface area contributed by atoms with Crippen molar-refractivity contribution in [2.24, 2.45) is 5.10 Å². The van der Waals surface area contributed by atoms with Gasteiger partial charge < -0.3 is 4.74 Å². The van der Waals surface area contributed by atoms with Gasteiger partial charge in [0.05, 0.1) is 12.8 Å². The molecule has 0 aliphatic carbocycles. The summed E-state index contributed by atoms with van der Waals surface area (Å²) in [6.07, 6.45) is 1.67. The largest absolute Gasteiger partial charge is 0.380 e. The monoisotopic (exact) mass is 358 g/mol. The van der Waals surface area contributed by atoms with Crippen molar-refractivity contribution in [2.45, 2.75) is 13.5 Å². The van der Waals surface area contributed by atoms with Gasteiger partial charge >= 0.3 is 0 Å². The predicted octanol–water partition coefficient (Wildman–Crippen LogP) is 3.62. The molecule has 0 amide bonds. The second-order valence-corrected chi connectivity index (χ2v) is 5.53. The number of ether oxygens (including phenoxy) is 1. The van der Waals surface area contributed by atoms with E-state index in [9.17, 15) is 5.26 Å². The molecule has 0 saturated carbocycles. The number of anilines is 1. The summed E-state index contributed by atoms with van der Waals surface area (Å²) in [7, 11) is 1.59. The quantitative estimate of drug-likeness (QED) is 0.654. The van der Waals surface area contributed by atoms with Gasteiger partial charge in [0, 0.05) is 22.8 Å². The Hall–Kier alpha value is -2.23. The molecular formula is C16H15BrN4O. The third kappa shape index (κ3) is 4.13. The standard InChI is InChI=1S/C16H15BrN4O/c1-11-7-13(10-22-2)15(8-18)16(20-11)21-19-9-12-3-5-14(17)6-4-12/h3-7,9H,10H2,1-2H3,(H,20,21)/b19-9-. The Bertz CT molecular complexity index is 720. The summed E-state index contributed by atoms with van der Waals surface area (Å²) in [6.45, 7) is 2.22. The number of nitrogens with one attached hydrogen (secondary N) is 1. The first-order valence-electron chi connectivity index (χ1n) is 6.58. The third-order valence-electron chi connectivity index (χ3n) is 2.89. The van der Waals surface area contributed by atoms with Gasteiger partial charge in [0.15, 0.2) is 5.82 Å². The highest BCUT2D eigenvalue weighted by molar-refractivity contribution is 9.10. The van der Waals surface area contributed by atoms with Crippen LogP contribution in [0.15, 0.2) is 39.9 Å². The molecule has 22 heavy (non-hydrogen) atoms. The number of pyridine rings is 1. The maximum Gasteiger partial charge on any atom is 0.164 e. The second kappa shape index (κ2) is 7.69. The summed E-state index contributed by atoms with van der Waals surface area (Å²) in [4.78, 5) is 4.32. The van der Waals surface area contributed by atoms with E-state index in [0.717, 1.165) is 21.3 Å². The van der Waals surface area contributed by atoms with Gasteiger partial charge in [0.2, 0.25) is 0 Å². The Kier molecular flexibility index (Phi) is 5.64. The molecule has 1 aromatic carbocycles. The average molecular weight is 359 g/mol. The minimum absolute atomic E-state index is 0.358. The SMILES string of the molecule is COCc1cc(C)nc(N/N=C\c2ccc(Br)cc2)c1C#N. The van der Waals surface area contributed by atoms with Crippen molar-refractivity contribution in [3.05, 3.63) is 57.2 Å². The molecule has 0 aliphatic rings. The lowest BCUT2D eigenvalue weighted by molar-refractivity contribution is 0.184. The molecule has 2 rings (SSSR count). The van der Waals surface area contributed by atoms with Crippen molar-refractivity contribution in [2.75, 3.05) is 12.5 Å². The molecule has 1 aromatic heterocycles. The number of hydrogen-bond acceptors (Lipinski definition) is 5. The van der Waals surface area contributed by atoms with Crippen molar-refractivity contribution in [1.82, 2.24) is 4.98 Å². The number of aromatic nitrogens is 1. The summed E-state index contributed by atoms with van der Waals surface area (Å²) in [5.74, 6) is 0.433. The van der Waals surface area contributed by atoms with Crippen LogP contribution in [0.2, 0.25) is 0 Å². The number of rotatable bonds is 5. The van der Waals surface area contributed by atoms with Crippen molar-refractivity contribution < 1.29 is 4.74 Å². The van der Waals surface area contributed by atoms with E-state index in [2.05, 4.69) is 37.5 Å². The molecule has 0 radical (unpaired) electrons. The Morgan fingerprint density at radius 2 is 2.14 bits per heavy atom. The zero-order chi connectivity index (χ0) is 15.9. The summed E-state index contributed by atoms with van der Waals surface area (Å²) < 4.78 is 6.12. The fourth-order valence-corrected chi connectivity index (χ4v) is 2.20. The van der Waals surface area contributed by atoms with Gasteiger partial charge in [-0.15, -0.1) is 0 Å². The van der Waals surface area contributed by atoms with Crippen LogP contribution in [-0.2, 0) is 11.3 Å². The van der Waals surface area contributed by atoms with Crippen LogP contribution in [0, 0.1) is 18.3 Å². The number of nitriles is 1. The molecule has 6 heteroatoms. The minimum Gasteiger partial charge on any atom is -0.380 e. The van der Waals surface area contributed by atoms with E-state index in [0.29, 0.717) is 18.0 Å². The number of methoxy groups -OCH3 is 1. The van der Waals surface area contributed by atoms with E-state index >= 15 is 0 Å². The number of hydrazone groups is 1. The topological polar surface area (TPSA) is 70.3 Å². The summed E-state index contributed by atoms with van der Waals surface area (Å²) >= 11 is 3.38. The molecule has 0 saturated heterocycles. The average Bonchev–Trinajstić information content (AvgIpc) is 2.49. The molecule has 0 bridgehead atoms. The van der Waals surface area contributed by atoms with Gasteiger partial charge in [-0.1, -0.05) is 28.1 Å². The van der Waals surface area contributed by atoms with E-state index in [1.807, 2.05) is 37.3 Å². The van der Waals surface area contributed by atoms with Crippen LogP contribution in [0.1, 0.15) is 22.4 Å². The fraction of sp³-hybridized carbons (Fsp3) is 0.188. The number of nitrogens with zero attached hydrogens (tertiary/aromatic N) is 3. The lowest BCUT2D eigenvalue weighted by Gasteiger charge is -2.09. The van der Waals surface area contributed by atoms with Crippen molar-refractivity contribution >= 4 is 28.0 Å². The van der Waals surface area contributed by atoms with Gasteiger partial charge in [0.25, 0.3) is 0 Å². The van der Waals surface area contributed by atoms with E-state index in [4.69, 9.17) is 4.74 Å². The van der Waals surface area contributed by atoms with Crippen LogP contribution < -0.4 is 5.43 Å². The molecule has 0 fully saturated rings. The molecule has 0 atom stereocenters. The number of hydrogen-bond donors (Lipinski definition) is 1. The Labute approximate surface area is 137 Å². The van der Waals surface area contributed by atoms with Gasteiger partial charge in [-0.3, -0.25) is 5.43 Å². The minimum atomic E-state index is 0.358. The van der Waals surface area contributed by atoms with Crippen LogP contribution >= 0.6 is 15.9 Å². The molecule has 0 unspecified atom stereocenters. The number of halogens is 1. The fourth-order valence-electron chi connectivity index (χ4n) is 1.93. The molecule has 1 heterocycles. The molecule has 2 aromatic rings. The van der Waals surface area contributed by atoms with Crippen molar-refractivity contribution in [3.8, 4) is 6.07 Å². The van der Waals surface area contributed by atoms with E-state index < -0.39 is 0 Å². The highest BCUT2D eigenvalue weighted by atomic mass is 79.9. The summed E-state index contributed by atoms with van der Waals surface area (Å²) in [6, 6.07) is 11.7. The zero-order valence-electron chi connectivity index (χ0n) is 12.3. The van der Waals surface area contributed by atoms with Crippen LogP contribution in [0.3, 0.4) is 0 Å². The van der Waals surface area contributed by atoms with Gasteiger partial charge in [0.1, 0.15) is 11.6 Å². The first-order chi connectivity index (χ1) is 10.6. The maximum absolute atomic E-state index is 9.32. The van der Waals surface area contributed by atoms with Crippen molar-refractivity contribution in [3.63, 3.8) is 0 Å². The Morgan fingerprint density at radius 3 is 2.77 bits per heavy atom. The molecule has 0 spiro atoms. The lowest BCUT2D eigenvalue weighted by atomic mass is 10.1. The highest BCUT2D eigenvalue weighted by Gasteiger charge is 2.10. The first-order valence-corrected chi connectivity index (χ1v) is 7.37. The van der Waals surface area contributed by atoms with Gasteiger partial charge in [-0.05, 0) is 30.7 Å². The van der Waals surface area contributed by atoms with Crippen LogP contribution in [0.25, 0.3) is 0 Å². The highest BCUT2D eigenvalue weighted by Crippen LogP contribution is 2.19. The lowest BCUT2D eigenvalue weighted by Crippen LogP contribution is -2.03. The van der Waals surface area contributed by atoms with Gasteiger partial charge in [-0.25, -0.2) is 4.98 Å². The Morgan fingerprint density at radius 1 is 1.41 bits per heavy atom. The van der Waals surface area contributed by atoms with Crippen LogP contribution in [0.5, 0.6) is 0 Å². The Balaban J connectivity index is 2.22. The summed E-state index contributed by atoms with van der Waals surface area (Å²) in [5.41, 5.74) is 5.81. The second-order valence-electron chi connectivity index (χ2n) is 4.61. The molecule has 5 nitrogen and oxygen atoms in total. The number of aryl methyl sites for hydroxylation is 1. The van der Waals surface area contributed by atoms with Crippen LogP contribution in [-0.4, -0.2) is 18.3 Å². The van der Waals surface area contributed by atoms with E-state index in [-0.39, 0.29) is 0 Å². The third-order valence-corrected chi connectivity index (χ3v) is 3.42. The number of benzene rings is 1. The maximum atomic E-state index is 9.32.